The summed E-state index contributed by atoms with van der Waals surface area (Å²) in [6.45, 7) is 14.2. The molecule has 0 aliphatic carbocycles. The molecule has 1 atom stereocenters. The van der Waals surface area contributed by atoms with E-state index in [2.05, 4.69) is 42.8 Å². The van der Waals surface area contributed by atoms with Crippen molar-refractivity contribution in [1.82, 2.24) is 4.90 Å². The summed E-state index contributed by atoms with van der Waals surface area (Å²) in [6.07, 6.45) is 0. The van der Waals surface area contributed by atoms with Gasteiger partial charge in [0.2, 0.25) is 0 Å². The molecule has 2 aromatic carbocycles. The van der Waals surface area contributed by atoms with Crippen LogP contribution in [0.4, 0.5) is 5.69 Å². The zero-order valence-electron chi connectivity index (χ0n) is 20.7. The fraction of sp³-hybridized carbons (Fsp3) is 0.538. The van der Waals surface area contributed by atoms with E-state index in [1.165, 1.54) is 10.6 Å². The van der Waals surface area contributed by atoms with Crippen molar-refractivity contribution in [2.45, 2.75) is 26.7 Å². The highest BCUT2D eigenvalue weighted by Gasteiger charge is 2.20. The molecular formula is C26H40ClN3O3. The number of anilines is 1. The van der Waals surface area contributed by atoms with Gasteiger partial charge < -0.3 is 36.8 Å². The Kier molecular flexibility index (Phi) is 10.6. The molecule has 0 saturated carbocycles. The van der Waals surface area contributed by atoms with E-state index < -0.39 is 0 Å². The van der Waals surface area contributed by atoms with Crippen LogP contribution in [0.2, 0.25) is 0 Å². The van der Waals surface area contributed by atoms with E-state index in [0.29, 0.717) is 18.3 Å². The Morgan fingerprint density at radius 2 is 1.73 bits per heavy atom. The maximum atomic E-state index is 10.0. The molecule has 1 saturated heterocycles. The van der Waals surface area contributed by atoms with Crippen LogP contribution in [0.25, 0.3) is 0 Å². The number of nitrogens with one attached hydrogen (secondary N) is 1. The Hall–Kier alpha value is -2.15. The minimum Gasteiger partial charge on any atom is -1.00 e. The van der Waals surface area contributed by atoms with Crippen molar-refractivity contribution < 1.29 is 31.9 Å². The minimum atomic E-state index is 0. The molecule has 33 heavy (non-hydrogen) atoms. The van der Waals surface area contributed by atoms with Gasteiger partial charge in [0.25, 0.3) is 0 Å². The predicted molar refractivity (Wildman–Crippen MR) is 131 cm³/mol. The Balaban J connectivity index is 0.00000385. The zero-order valence-corrected chi connectivity index (χ0v) is 21.5. The van der Waals surface area contributed by atoms with Crippen molar-refractivity contribution in [3.8, 4) is 17.2 Å². The van der Waals surface area contributed by atoms with Crippen molar-refractivity contribution in [2.24, 2.45) is 0 Å². The number of benzene rings is 2. The first-order valence-corrected chi connectivity index (χ1v) is 11.8. The lowest BCUT2D eigenvalue weighted by Crippen LogP contribution is -3.10. The van der Waals surface area contributed by atoms with Gasteiger partial charge >= 0.3 is 0 Å². The number of piperazine rings is 1. The first kappa shape index (κ1) is 27.1. The highest BCUT2D eigenvalue weighted by Crippen LogP contribution is 2.32. The van der Waals surface area contributed by atoms with E-state index in [4.69, 9.17) is 9.47 Å². The number of halogens is 1. The molecule has 184 valence electrons. The van der Waals surface area contributed by atoms with Crippen LogP contribution >= 0.6 is 0 Å². The van der Waals surface area contributed by atoms with Gasteiger partial charge in [-0.2, -0.15) is 0 Å². The number of ether oxygens (including phenoxy) is 2. The second-order valence-corrected chi connectivity index (χ2v) is 9.14. The number of hydrogen-bond acceptors (Lipinski definition) is 5. The van der Waals surface area contributed by atoms with E-state index in [9.17, 15) is 5.11 Å². The number of methoxy groups -OCH3 is 1. The molecule has 1 aliphatic rings. The highest BCUT2D eigenvalue weighted by molar-refractivity contribution is 5.58. The van der Waals surface area contributed by atoms with Gasteiger partial charge in [-0.25, -0.2) is 0 Å². The summed E-state index contributed by atoms with van der Waals surface area (Å²) in [5.74, 6) is 2.51. The van der Waals surface area contributed by atoms with Gasteiger partial charge in [-0.05, 0) is 42.7 Å². The van der Waals surface area contributed by atoms with E-state index in [0.717, 1.165) is 68.4 Å². The minimum absolute atomic E-state index is 0. The van der Waals surface area contributed by atoms with Gasteiger partial charge in [0.1, 0.15) is 30.4 Å². The van der Waals surface area contributed by atoms with Crippen LogP contribution in [-0.2, 0) is 0 Å². The number of para-hydroxylation sites is 2. The van der Waals surface area contributed by atoms with E-state index in [1.54, 1.807) is 7.11 Å². The Labute approximate surface area is 205 Å². The van der Waals surface area contributed by atoms with E-state index >= 15 is 0 Å². The number of likely N-dealkylation sites (N-methyl/N-ethyl adjacent to an activating group) is 1. The third-order valence-corrected chi connectivity index (χ3v) is 6.39. The lowest BCUT2D eigenvalue weighted by atomic mass is 10.00. The molecule has 1 heterocycles. The first-order chi connectivity index (χ1) is 15.4. The molecule has 2 aromatic rings. The van der Waals surface area contributed by atoms with E-state index in [1.807, 2.05) is 31.2 Å². The molecule has 1 aliphatic heterocycles. The number of phenolic OH excluding ortho intramolecular Hbond substituents is 1. The van der Waals surface area contributed by atoms with Crippen molar-refractivity contribution in [2.75, 3.05) is 71.5 Å². The van der Waals surface area contributed by atoms with E-state index in [-0.39, 0.29) is 12.4 Å². The maximum Gasteiger partial charge on any atom is 0.142 e. The Morgan fingerprint density at radius 1 is 1.03 bits per heavy atom. The lowest BCUT2D eigenvalue weighted by Gasteiger charge is -2.36. The number of aromatic hydroxyl groups is 1. The largest absolute Gasteiger partial charge is 1.00 e. The van der Waals surface area contributed by atoms with Crippen LogP contribution in [-0.4, -0.2) is 76.6 Å². The third kappa shape index (κ3) is 7.42. The fourth-order valence-electron chi connectivity index (χ4n) is 4.17. The number of phenols is 1. The van der Waals surface area contributed by atoms with Crippen LogP contribution in [0.5, 0.6) is 17.2 Å². The van der Waals surface area contributed by atoms with Crippen LogP contribution in [0.1, 0.15) is 30.9 Å². The average Bonchev–Trinajstić information content (AvgIpc) is 2.80. The molecular weight excluding hydrogens is 438 g/mol. The monoisotopic (exact) mass is 477 g/mol. The van der Waals surface area contributed by atoms with Gasteiger partial charge in [-0.15, -0.1) is 0 Å². The van der Waals surface area contributed by atoms with Gasteiger partial charge in [-0.1, -0.05) is 26.0 Å². The standard InChI is InChI=1S/C26H39N3O3.ClH/c1-20(2)22-19-24(30)21(3)18-26(22)32-17-16-27(4)10-11-28-12-14-29(15-13-28)23-8-6-7-9-25(23)31-5;/h6-9,18-20,30H,10-17H2,1-5H3;1H. The number of nitrogens with zero attached hydrogens (tertiary/aromatic N) is 2. The molecule has 6 nitrogen and oxygen atoms in total. The third-order valence-electron chi connectivity index (χ3n) is 6.39. The topological polar surface area (TPSA) is 49.6 Å². The molecule has 2 N–H and O–H groups in total. The number of quaternary nitrogens is 1. The summed E-state index contributed by atoms with van der Waals surface area (Å²) >= 11 is 0. The number of rotatable bonds is 10. The van der Waals surface area contributed by atoms with Crippen LogP contribution in [0.3, 0.4) is 0 Å². The van der Waals surface area contributed by atoms with Crippen molar-refractivity contribution in [3.63, 3.8) is 0 Å². The molecule has 0 spiro atoms. The molecule has 1 unspecified atom stereocenters. The fourth-order valence-corrected chi connectivity index (χ4v) is 4.17. The summed E-state index contributed by atoms with van der Waals surface area (Å²) in [5.41, 5.74) is 3.12. The Bertz CT molecular complexity index is 870. The van der Waals surface area contributed by atoms with Gasteiger partial charge in [-0.3, -0.25) is 4.90 Å². The summed E-state index contributed by atoms with van der Waals surface area (Å²) in [4.78, 5) is 6.45. The molecule has 7 heteroatoms. The highest BCUT2D eigenvalue weighted by atomic mass is 35.5. The second-order valence-electron chi connectivity index (χ2n) is 9.14. The zero-order chi connectivity index (χ0) is 23.1. The molecule has 0 radical (unpaired) electrons. The van der Waals surface area contributed by atoms with Gasteiger partial charge in [0.05, 0.1) is 26.4 Å². The summed E-state index contributed by atoms with van der Waals surface area (Å²) < 4.78 is 11.6. The number of aryl methyl sites for hydroxylation is 1. The summed E-state index contributed by atoms with van der Waals surface area (Å²) in [6, 6.07) is 12.1. The van der Waals surface area contributed by atoms with Gasteiger partial charge in [0.15, 0.2) is 0 Å². The van der Waals surface area contributed by atoms with Gasteiger partial charge in [0, 0.05) is 38.3 Å². The Morgan fingerprint density at radius 3 is 2.39 bits per heavy atom. The van der Waals surface area contributed by atoms with Crippen molar-refractivity contribution >= 4 is 5.69 Å². The molecule has 0 aromatic heterocycles. The van der Waals surface area contributed by atoms with Crippen LogP contribution < -0.4 is 31.7 Å². The molecule has 0 amide bonds. The van der Waals surface area contributed by atoms with Crippen LogP contribution in [0, 0.1) is 6.92 Å². The SMILES string of the molecule is COc1ccccc1N1CCN(CC[NH+](C)CCOc2cc(C)c(O)cc2C(C)C)CC1.[Cl-]. The predicted octanol–water partition coefficient (Wildman–Crippen LogP) is -0.448. The molecule has 1 fully saturated rings. The van der Waals surface area contributed by atoms with Crippen LogP contribution in [0.15, 0.2) is 36.4 Å². The molecule has 3 rings (SSSR count). The quantitative estimate of drug-likeness (QED) is 0.485. The molecule has 0 bridgehead atoms. The maximum absolute atomic E-state index is 10.0. The van der Waals surface area contributed by atoms with Crippen molar-refractivity contribution in [3.05, 3.63) is 47.5 Å². The first-order valence-electron chi connectivity index (χ1n) is 11.8. The number of hydrogen-bond donors (Lipinski definition) is 2. The smallest absolute Gasteiger partial charge is 0.142 e. The van der Waals surface area contributed by atoms with Crippen molar-refractivity contribution in [1.29, 1.82) is 0 Å². The lowest BCUT2D eigenvalue weighted by molar-refractivity contribution is -0.879. The summed E-state index contributed by atoms with van der Waals surface area (Å²) in [7, 11) is 3.98. The normalized spacial score (nSPS) is 15.3. The average molecular weight is 478 g/mol. The second kappa shape index (κ2) is 12.9. The summed E-state index contributed by atoms with van der Waals surface area (Å²) in [5, 5.41) is 10.0.